The second kappa shape index (κ2) is 6.58. The Morgan fingerprint density at radius 1 is 1.33 bits per heavy atom. The number of carbonyl (C=O) groups excluding carboxylic acids is 1. The summed E-state index contributed by atoms with van der Waals surface area (Å²) in [6, 6.07) is 8.27. The molecular formula is C17H25N3O. The monoisotopic (exact) mass is 287 g/mol. The Labute approximate surface area is 126 Å². The van der Waals surface area contributed by atoms with Crippen LogP contribution in [0.1, 0.15) is 29.9 Å². The van der Waals surface area contributed by atoms with Gasteiger partial charge in [0.25, 0.3) is 0 Å². The van der Waals surface area contributed by atoms with Crippen molar-refractivity contribution in [1.82, 2.24) is 15.5 Å². The highest BCUT2D eigenvalue weighted by Gasteiger charge is 2.26. The zero-order valence-electron chi connectivity index (χ0n) is 12.8. The first-order valence-electron chi connectivity index (χ1n) is 7.99. The summed E-state index contributed by atoms with van der Waals surface area (Å²) in [6.45, 7) is 4.74. The van der Waals surface area contributed by atoms with Gasteiger partial charge in [-0.3, -0.25) is 4.79 Å². The van der Waals surface area contributed by atoms with Gasteiger partial charge in [-0.1, -0.05) is 24.3 Å². The van der Waals surface area contributed by atoms with Crippen LogP contribution in [0.25, 0.3) is 0 Å². The van der Waals surface area contributed by atoms with Gasteiger partial charge in [-0.25, -0.2) is 0 Å². The molecule has 3 rings (SSSR count). The zero-order valence-corrected chi connectivity index (χ0v) is 12.8. The highest BCUT2D eigenvalue weighted by atomic mass is 16.1. The van der Waals surface area contributed by atoms with Gasteiger partial charge in [0.05, 0.1) is 5.92 Å². The van der Waals surface area contributed by atoms with Crippen molar-refractivity contribution in [3.05, 3.63) is 35.4 Å². The molecular weight excluding hydrogens is 262 g/mol. The van der Waals surface area contributed by atoms with Gasteiger partial charge in [-0.15, -0.1) is 0 Å². The normalized spacial score (nSPS) is 23.6. The van der Waals surface area contributed by atoms with Crippen molar-refractivity contribution >= 4 is 5.91 Å². The number of nitrogens with one attached hydrogen (secondary N) is 2. The van der Waals surface area contributed by atoms with E-state index in [2.05, 4.69) is 34.7 Å². The van der Waals surface area contributed by atoms with Crippen LogP contribution in [-0.4, -0.2) is 44.0 Å². The lowest BCUT2D eigenvalue weighted by Crippen LogP contribution is -2.42. The Morgan fingerprint density at radius 2 is 2.10 bits per heavy atom. The Morgan fingerprint density at radius 3 is 2.90 bits per heavy atom. The molecule has 21 heavy (non-hydrogen) atoms. The summed E-state index contributed by atoms with van der Waals surface area (Å²) in [5.41, 5.74) is 2.44. The van der Waals surface area contributed by atoms with Crippen molar-refractivity contribution in [2.24, 2.45) is 5.92 Å². The van der Waals surface area contributed by atoms with E-state index in [1.54, 1.807) is 0 Å². The molecule has 1 amide bonds. The number of amides is 1. The minimum atomic E-state index is -0.0405. The fourth-order valence-electron chi connectivity index (χ4n) is 3.36. The van der Waals surface area contributed by atoms with Crippen molar-refractivity contribution in [3.8, 4) is 0 Å². The average molecular weight is 287 g/mol. The number of fused-ring (bicyclic) bond motifs is 1. The second-order valence-corrected chi connectivity index (χ2v) is 6.37. The summed E-state index contributed by atoms with van der Waals surface area (Å²) in [6.07, 6.45) is 2.38. The van der Waals surface area contributed by atoms with E-state index in [-0.39, 0.29) is 11.8 Å². The maximum atomic E-state index is 12.5. The Kier molecular flexibility index (Phi) is 4.56. The molecule has 2 aliphatic rings. The molecule has 2 heterocycles. The Balaban J connectivity index is 1.57. The van der Waals surface area contributed by atoms with Crippen LogP contribution in [0.2, 0.25) is 0 Å². The van der Waals surface area contributed by atoms with Crippen LogP contribution in [0.15, 0.2) is 24.3 Å². The number of rotatable bonds is 3. The van der Waals surface area contributed by atoms with Crippen LogP contribution in [0.5, 0.6) is 0 Å². The number of carbonyl (C=O) groups is 1. The largest absolute Gasteiger partial charge is 0.355 e. The topological polar surface area (TPSA) is 44.4 Å². The molecule has 1 aromatic carbocycles. The highest BCUT2D eigenvalue weighted by Crippen LogP contribution is 2.24. The van der Waals surface area contributed by atoms with Crippen molar-refractivity contribution in [1.29, 1.82) is 0 Å². The number of hydrogen-bond acceptors (Lipinski definition) is 3. The summed E-state index contributed by atoms with van der Waals surface area (Å²) in [7, 11) is 2.17. The minimum Gasteiger partial charge on any atom is -0.355 e. The van der Waals surface area contributed by atoms with E-state index < -0.39 is 0 Å². The van der Waals surface area contributed by atoms with Crippen LogP contribution in [-0.2, 0) is 11.3 Å². The molecule has 0 saturated carbocycles. The van der Waals surface area contributed by atoms with E-state index in [1.165, 1.54) is 24.0 Å². The highest BCUT2D eigenvalue weighted by molar-refractivity contribution is 5.84. The average Bonchev–Trinajstić information content (AvgIpc) is 2.53. The third kappa shape index (κ3) is 3.44. The molecule has 1 fully saturated rings. The first-order chi connectivity index (χ1) is 10.2. The number of nitrogens with zero attached hydrogens (tertiary/aromatic N) is 1. The quantitative estimate of drug-likeness (QED) is 0.881. The molecule has 2 N–H and O–H groups in total. The maximum absolute atomic E-state index is 12.5. The number of hydrogen-bond donors (Lipinski definition) is 2. The maximum Gasteiger partial charge on any atom is 0.228 e. The Bertz CT molecular complexity index is 495. The molecule has 1 atom stereocenters. The predicted octanol–water partition coefficient (Wildman–Crippen LogP) is 1.33. The lowest BCUT2D eigenvalue weighted by Gasteiger charge is -2.30. The van der Waals surface area contributed by atoms with E-state index >= 15 is 0 Å². The van der Waals surface area contributed by atoms with Crippen molar-refractivity contribution in [2.45, 2.75) is 25.3 Å². The van der Waals surface area contributed by atoms with E-state index in [0.29, 0.717) is 5.92 Å². The second-order valence-electron chi connectivity index (χ2n) is 6.37. The molecule has 4 nitrogen and oxygen atoms in total. The van der Waals surface area contributed by atoms with E-state index in [1.807, 2.05) is 12.1 Å². The van der Waals surface area contributed by atoms with Gasteiger partial charge in [0.2, 0.25) is 5.91 Å². The molecule has 1 unspecified atom stereocenters. The molecule has 0 aliphatic carbocycles. The van der Waals surface area contributed by atoms with Crippen LogP contribution in [0, 0.1) is 5.92 Å². The van der Waals surface area contributed by atoms with Gasteiger partial charge in [0.1, 0.15) is 0 Å². The lowest BCUT2D eigenvalue weighted by atomic mass is 9.90. The van der Waals surface area contributed by atoms with Crippen LogP contribution >= 0.6 is 0 Å². The first-order valence-corrected chi connectivity index (χ1v) is 7.99. The fourth-order valence-corrected chi connectivity index (χ4v) is 3.36. The first kappa shape index (κ1) is 14.5. The van der Waals surface area contributed by atoms with Crippen LogP contribution in [0.3, 0.4) is 0 Å². The van der Waals surface area contributed by atoms with Crippen molar-refractivity contribution in [3.63, 3.8) is 0 Å². The van der Waals surface area contributed by atoms with Gasteiger partial charge in [0.15, 0.2) is 0 Å². The SMILES string of the molecule is CN1CCC(CNC(=O)C2CNCc3ccccc32)CC1. The minimum absolute atomic E-state index is 0.0405. The van der Waals surface area contributed by atoms with Crippen molar-refractivity contribution < 1.29 is 4.79 Å². The molecule has 2 aliphatic heterocycles. The van der Waals surface area contributed by atoms with Gasteiger partial charge >= 0.3 is 0 Å². The third-order valence-electron chi connectivity index (χ3n) is 4.81. The fraction of sp³-hybridized carbons (Fsp3) is 0.588. The molecule has 0 radical (unpaired) electrons. The molecule has 0 spiro atoms. The summed E-state index contributed by atoms with van der Waals surface area (Å²) >= 11 is 0. The predicted molar refractivity (Wildman–Crippen MR) is 84.1 cm³/mol. The Hall–Kier alpha value is -1.39. The van der Waals surface area contributed by atoms with E-state index in [4.69, 9.17) is 0 Å². The molecule has 4 heteroatoms. The molecule has 1 aromatic rings. The van der Waals surface area contributed by atoms with Gasteiger partial charge in [-0.2, -0.15) is 0 Å². The molecule has 1 saturated heterocycles. The third-order valence-corrected chi connectivity index (χ3v) is 4.81. The van der Waals surface area contributed by atoms with Crippen LogP contribution < -0.4 is 10.6 Å². The summed E-state index contributed by atoms with van der Waals surface area (Å²) in [4.78, 5) is 14.9. The number of likely N-dealkylation sites (tertiary alicyclic amines) is 1. The van der Waals surface area contributed by atoms with Crippen molar-refractivity contribution in [2.75, 3.05) is 33.2 Å². The van der Waals surface area contributed by atoms with Gasteiger partial charge in [0, 0.05) is 19.6 Å². The zero-order chi connectivity index (χ0) is 14.7. The number of piperidine rings is 1. The van der Waals surface area contributed by atoms with E-state index in [9.17, 15) is 4.79 Å². The summed E-state index contributed by atoms with van der Waals surface area (Å²) in [5, 5.41) is 6.53. The lowest BCUT2D eigenvalue weighted by molar-refractivity contribution is -0.122. The van der Waals surface area contributed by atoms with E-state index in [0.717, 1.165) is 32.7 Å². The van der Waals surface area contributed by atoms with Gasteiger partial charge < -0.3 is 15.5 Å². The smallest absolute Gasteiger partial charge is 0.228 e. The van der Waals surface area contributed by atoms with Crippen LogP contribution in [0.4, 0.5) is 0 Å². The molecule has 0 aromatic heterocycles. The molecule has 0 bridgehead atoms. The number of benzene rings is 1. The molecule has 114 valence electrons. The standard InChI is InChI=1S/C17H25N3O/c1-20-8-6-13(7-9-20)10-19-17(21)16-12-18-11-14-4-2-3-5-15(14)16/h2-5,13,16,18H,6-12H2,1H3,(H,19,21). The summed E-state index contributed by atoms with van der Waals surface area (Å²) < 4.78 is 0. The summed E-state index contributed by atoms with van der Waals surface area (Å²) in [5.74, 6) is 0.770. The van der Waals surface area contributed by atoms with Gasteiger partial charge in [-0.05, 0) is 50.0 Å².